The molecule has 0 fully saturated rings. The largest absolute Gasteiger partial charge is 0.461 e. The van der Waals surface area contributed by atoms with Crippen LogP contribution >= 0.6 is 0 Å². The third kappa shape index (κ3) is 2.49. The van der Waals surface area contributed by atoms with Gasteiger partial charge in [0.25, 0.3) is 5.91 Å². The van der Waals surface area contributed by atoms with Crippen LogP contribution in [0.25, 0.3) is 11.0 Å². The van der Waals surface area contributed by atoms with E-state index in [1.807, 2.05) is 0 Å². The fourth-order valence-corrected chi connectivity index (χ4v) is 1.96. The highest BCUT2D eigenvalue weighted by Crippen LogP contribution is 2.24. The number of nitrogens with zero attached hydrogens (tertiary/aromatic N) is 1. The van der Waals surface area contributed by atoms with Gasteiger partial charge in [0.15, 0.2) is 11.4 Å². The van der Waals surface area contributed by atoms with E-state index in [-0.39, 0.29) is 23.9 Å². The van der Waals surface area contributed by atoms with Gasteiger partial charge in [0.1, 0.15) is 0 Å². The lowest BCUT2D eigenvalue weighted by atomic mass is 10.1. The fraction of sp³-hybridized carbons (Fsp3) is 0.286. The van der Waals surface area contributed by atoms with Crippen LogP contribution in [0, 0.1) is 5.82 Å². The minimum Gasteiger partial charge on any atom is -0.461 e. The van der Waals surface area contributed by atoms with Crippen molar-refractivity contribution in [3.63, 3.8) is 0 Å². The predicted octanol–water partition coefficient (Wildman–Crippen LogP) is 1.78. The smallest absolute Gasteiger partial charge is 0.255 e. The second kappa shape index (κ2) is 5.73. The second-order valence-corrected chi connectivity index (χ2v) is 4.25. The molecular formula is C14H15FN2O3. The number of carbonyl (C=O) groups is 2. The van der Waals surface area contributed by atoms with Crippen LogP contribution in [0.2, 0.25) is 0 Å². The number of hydrogen-bond donors (Lipinski definition) is 1. The number of hydrogen-bond acceptors (Lipinski definition) is 3. The topological polar surface area (TPSA) is 62.6 Å². The van der Waals surface area contributed by atoms with E-state index in [2.05, 4.69) is 5.32 Å². The van der Waals surface area contributed by atoms with E-state index in [1.54, 1.807) is 13.0 Å². The van der Waals surface area contributed by atoms with Gasteiger partial charge in [0.05, 0.1) is 18.4 Å². The highest BCUT2D eigenvalue weighted by atomic mass is 19.1. The highest BCUT2D eigenvalue weighted by molar-refractivity contribution is 6.06. The summed E-state index contributed by atoms with van der Waals surface area (Å²) in [6, 6.07) is 4.13. The van der Waals surface area contributed by atoms with Crippen LogP contribution in [0.1, 0.15) is 17.3 Å². The molecule has 0 atom stereocenters. The van der Waals surface area contributed by atoms with Crippen molar-refractivity contribution < 1.29 is 18.4 Å². The molecule has 1 aromatic heterocycles. The van der Waals surface area contributed by atoms with Crippen LogP contribution < -0.4 is 5.32 Å². The molecule has 0 radical (unpaired) electrons. The molecule has 0 saturated carbocycles. The van der Waals surface area contributed by atoms with E-state index in [4.69, 9.17) is 4.42 Å². The van der Waals surface area contributed by atoms with E-state index in [1.165, 1.54) is 30.3 Å². The molecule has 106 valence electrons. The molecule has 0 aliphatic heterocycles. The first-order chi connectivity index (χ1) is 9.58. The van der Waals surface area contributed by atoms with Crippen molar-refractivity contribution in [3.8, 4) is 0 Å². The molecule has 20 heavy (non-hydrogen) atoms. The Morgan fingerprint density at radius 3 is 2.75 bits per heavy atom. The van der Waals surface area contributed by atoms with Crippen LogP contribution in [0.3, 0.4) is 0 Å². The summed E-state index contributed by atoms with van der Waals surface area (Å²) in [5.41, 5.74) is 0.368. The van der Waals surface area contributed by atoms with Crippen molar-refractivity contribution in [2.24, 2.45) is 0 Å². The summed E-state index contributed by atoms with van der Waals surface area (Å²) in [5.74, 6) is -1.11. The number of fused-ring (bicyclic) bond motifs is 1. The Morgan fingerprint density at radius 2 is 2.10 bits per heavy atom. The molecule has 0 unspecified atom stereocenters. The summed E-state index contributed by atoms with van der Waals surface area (Å²) in [6.45, 7) is 2.11. The lowest BCUT2D eigenvalue weighted by Crippen LogP contribution is -2.39. The maximum absolute atomic E-state index is 13.5. The molecule has 0 bridgehead atoms. The summed E-state index contributed by atoms with van der Waals surface area (Å²) in [4.78, 5) is 25.2. The van der Waals surface area contributed by atoms with Crippen molar-refractivity contribution in [3.05, 3.63) is 35.8 Å². The van der Waals surface area contributed by atoms with Crippen LogP contribution in [0.15, 0.2) is 28.9 Å². The van der Waals surface area contributed by atoms with Crippen molar-refractivity contribution in [2.45, 2.75) is 6.92 Å². The number of benzene rings is 1. The maximum Gasteiger partial charge on any atom is 0.255 e. The Morgan fingerprint density at radius 1 is 1.35 bits per heavy atom. The van der Waals surface area contributed by atoms with Crippen LogP contribution in [0.4, 0.5) is 4.39 Å². The van der Waals surface area contributed by atoms with E-state index in [0.717, 1.165) is 0 Å². The summed E-state index contributed by atoms with van der Waals surface area (Å²) in [6.07, 6.45) is 1.33. The van der Waals surface area contributed by atoms with Gasteiger partial charge in [0.2, 0.25) is 5.91 Å². The average Bonchev–Trinajstić information content (AvgIpc) is 2.94. The Balaban J connectivity index is 2.37. The minimum absolute atomic E-state index is 0.0391. The lowest BCUT2D eigenvalue weighted by Gasteiger charge is -2.20. The summed E-state index contributed by atoms with van der Waals surface area (Å²) in [7, 11) is 1.51. The molecule has 0 aliphatic rings. The zero-order valence-electron chi connectivity index (χ0n) is 11.3. The summed E-state index contributed by atoms with van der Waals surface area (Å²) in [5, 5.41) is 2.87. The first kappa shape index (κ1) is 14.0. The van der Waals surface area contributed by atoms with Gasteiger partial charge in [-0.05, 0) is 25.1 Å². The number of carbonyl (C=O) groups excluding carboxylic acids is 2. The third-order valence-corrected chi connectivity index (χ3v) is 3.08. The van der Waals surface area contributed by atoms with Crippen molar-refractivity contribution in [1.82, 2.24) is 10.2 Å². The predicted molar refractivity (Wildman–Crippen MR) is 71.8 cm³/mol. The molecule has 1 aromatic carbocycles. The quantitative estimate of drug-likeness (QED) is 0.927. The van der Waals surface area contributed by atoms with E-state index in [0.29, 0.717) is 17.5 Å². The zero-order chi connectivity index (χ0) is 14.7. The van der Waals surface area contributed by atoms with Crippen LogP contribution in [-0.2, 0) is 4.79 Å². The van der Waals surface area contributed by atoms with Gasteiger partial charge in [-0.3, -0.25) is 9.59 Å². The SMILES string of the molecule is CCN(CC(=O)NC)C(=O)c1ccc(F)c2occc12. The molecule has 1 N–H and O–H groups in total. The molecule has 2 rings (SSSR count). The van der Waals surface area contributed by atoms with Crippen LogP contribution in [-0.4, -0.2) is 36.9 Å². The van der Waals surface area contributed by atoms with E-state index in [9.17, 15) is 14.0 Å². The molecule has 2 amide bonds. The highest BCUT2D eigenvalue weighted by Gasteiger charge is 2.20. The van der Waals surface area contributed by atoms with Gasteiger partial charge in [0, 0.05) is 19.0 Å². The first-order valence-corrected chi connectivity index (χ1v) is 6.24. The Bertz CT molecular complexity index is 651. The average molecular weight is 278 g/mol. The monoisotopic (exact) mass is 278 g/mol. The molecule has 0 spiro atoms. The normalized spacial score (nSPS) is 10.6. The van der Waals surface area contributed by atoms with E-state index >= 15 is 0 Å². The zero-order valence-corrected chi connectivity index (χ0v) is 11.3. The number of nitrogens with one attached hydrogen (secondary N) is 1. The van der Waals surface area contributed by atoms with Gasteiger partial charge in [-0.2, -0.15) is 0 Å². The molecular weight excluding hydrogens is 263 g/mol. The fourth-order valence-electron chi connectivity index (χ4n) is 1.96. The Hall–Kier alpha value is -2.37. The van der Waals surface area contributed by atoms with Gasteiger partial charge >= 0.3 is 0 Å². The number of rotatable bonds is 4. The molecule has 2 aromatic rings. The Labute approximate surface area is 115 Å². The summed E-state index contributed by atoms with van der Waals surface area (Å²) >= 11 is 0. The van der Waals surface area contributed by atoms with Gasteiger partial charge in [-0.1, -0.05) is 0 Å². The second-order valence-electron chi connectivity index (χ2n) is 4.25. The van der Waals surface area contributed by atoms with Crippen molar-refractivity contribution >= 4 is 22.8 Å². The standard InChI is InChI=1S/C14H15FN2O3/c1-3-17(8-12(18)16-2)14(19)10-4-5-11(15)13-9(10)6-7-20-13/h4-7H,3,8H2,1-2H3,(H,16,18). The van der Waals surface area contributed by atoms with E-state index < -0.39 is 5.82 Å². The number of halogens is 1. The van der Waals surface area contributed by atoms with Gasteiger partial charge in [-0.25, -0.2) is 4.39 Å². The van der Waals surface area contributed by atoms with Crippen LogP contribution in [0.5, 0.6) is 0 Å². The summed E-state index contributed by atoms with van der Waals surface area (Å²) < 4.78 is 18.6. The number of furan rings is 1. The minimum atomic E-state index is -0.518. The van der Waals surface area contributed by atoms with Gasteiger partial charge < -0.3 is 14.6 Å². The maximum atomic E-state index is 13.5. The lowest BCUT2D eigenvalue weighted by molar-refractivity contribution is -0.121. The first-order valence-electron chi connectivity index (χ1n) is 6.24. The number of likely N-dealkylation sites (N-methyl/N-ethyl adjacent to an activating group) is 2. The molecule has 0 aliphatic carbocycles. The van der Waals surface area contributed by atoms with Crippen molar-refractivity contribution in [2.75, 3.05) is 20.1 Å². The number of amides is 2. The van der Waals surface area contributed by atoms with Crippen molar-refractivity contribution in [1.29, 1.82) is 0 Å². The third-order valence-electron chi connectivity index (χ3n) is 3.08. The molecule has 0 saturated heterocycles. The molecule has 5 nitrogen and oxygen atoms in total. The molecule has 1 heterocycles. The Kier molecular flexibility index (Phi) is 4.02. The van der Waals surface area contributed by atoms with Gasteiger partial charge in [-0.15, -0.1) is 0 Å². The molecule has 6 heteroatoms.